The van der Waals surface area contributed by atoms with Gasteiger partial charge in [-0.15, -0.1) is 11.3 Å². The first-order valence-electron chi connectivity index (χ1n) is 7.20. The van der Waals surface area contributed by atoms with Crippen molar-refractivity contribution in [1.82, 2.24) is 9.55 Å². The van der Waals surface area contributed by atoms with Crippen molar-refractivity contribution in [2.45, 2.75) is 12.1 Å². The second kappa shape index (κ2) is 7.37. The number of aromatic nitrogens is 2. The molecule has 0 aliphatic carbocycles. The number of benzene rings is 1. The Bertz CT molecular complexity index is 1030. The molecular formula is C16H13Cl2N3O2S2. The number of rotatable bonds is 4. The highest BCUT2D eigenvalue weighted by Gasteiger charge is 2.13. The van der Waals surface area contributed by atoms with E-state index in [-0.39, 0.29) is 17.2 Å². The van der Waals surface area contributed by atoms with Crippen molar-refractivity contribution in [3.05, 3.63) is 49.5 Å². The minimum atomic E-state index is -0.245. The van der Waals surface area contributed by atoms with E-state index >= 15 is 0 Å². The second-order valence-electron chi connectivity index (χ2n) is 5.30. The number of fused-ring (bicyclic) bond motifs is 1. The maximum absolute atomic E-state index is 12.4. The summed E-state index contributed by atoms with van der Waals surface area (Å²) in [6.45, 7) is 1.93. The minimum Gasteiger partial charge on any atom is -0.324 e. The molecule has 3 aromatic rings. The summed E-state index contributed by atoms with van der Waals surface area (Å²) >= 11 is 14.5. The number of anilines is 1. The first-order chi connectivity index (χ1) is 11.8. The summed E-state index contributed by atoms with van der Waals surface area (Å²) in [5, 5.41) is 4.68. The van der Waals surface area contributed by atoms with E-state index < -0.39 is 0 Å². The highest BCUT2D eigenvalue weighted by Crippen LogP contribution is 2.26. The molecule has 0 saturated heterocycles. The van der Waals surface area contributed by atoms with E-state index in [0.717, 1.165) is 4.88 Å². The van der Waals surface area contributed by atoms with Crippen LogP contribution in [-0.2, 0) is 11.8 Å². The number of carbonyl (C=O) groups is 1. The van der Waals surface area contributed by atoms with Crippen molar-refractivity contribution in [3.8, 4) is 0 Å². The van der Waals surface area contributed by atoms with Gasteiger partial charge in [0.15, 0.2) is 5.16 Å². The Balaban J connectivity index is 1.75. The molecule has 0 atom stereocenters. The van der Waals surface area contributed by atoms with E-state index in [1.807, 2.05) is 13.0 Å². The predicted octanol–water partition coefficient (Wildman–Crippen LogP) is 4.34. The predicted molar refractivity (Wildman–Crippen MR) is 105 cm³/mol. The lowest BCUT2D eigenvalue weighted by molar-refractivity contribution is -0.113. The Morgan fingerprint density at radius 2 is 2.12 bits per heavy atom. The number of carbonyl (C=O) groups excluding carboxylic acids is 1. The normalized spacial score (nSPS) is 11.0. The molecule has 0 saturated carbocycles. The zero-order chi connectivity index (χ0) is 18.1. The van der Waals surface area contributed by atoms with Gasteiger partial charge in [-0.1, -0.05) is 35.0 Å². The van der Waals surface area contributed by atoms with E-state index in [0.29, 0.717) is 31.1 Å². The van der Waals surface area contributed by atoms with Gasteiger partial charge in [0.05, 0.1) is 21.8 Å². The SMILES string of the molecule is Cc1cc2c(=O)n(C)c(SCC(=O)Nc3ccc(Cl)cc3Cl)nc2s1. The summed E-state index contributed by atoms with van der Waals surface area (Å²) < 4.78 is 1.46. The third-order valence-electron chi connectivity index (χ3n) is 3.39. The second-order valence-corrected chi connectivity index (χ2v) is 8.32. The summed E-state index contributed by atoms with van der Waals surface area (Å²) in [5.74, 6) is -0.138. The Labute approximate surface area is 162 Å². The zero-order valence-corrected chi connectivity index (χ0v) is 16.4. The van der Waals surface area contributed by atoms with Crippen LogP contribution in [0.5, 0.6) is 0 Å². The molecule has 0 fully saturated rings. The van der Waals surface area contributed by atoms with Gasteiger partial charge in [0.1, 0.15) is 4.83 Å². The van der Waals surface area contributed by atoms with Crippen LogP contribution in [0.4, 0.5) is 5.69 Å². The summed E-state index contributed by atoms with van der Waals surface area (Å²) in [5.41, 5.74) is 0.376. The van der Waals surface area contributed by atoms with Crippen molar-refractivity contribution in [1.29, 1.82) is 0 Å². The van der Waals surface area contributed by atoms with Gasteiger partial charge < -0.3 is 5.32 Å². The zero-order valence-electron chi connectivity index (χ0n) is 13.3. The lowest BCUT2D eigenvalue weighted by Gasteiger charge is -2.09. The van der Waals surface area contributed by atoms with Crippen molar-refractivity contribution in [2.75, 3.05) is 11.1 Å². The molecule has 3 rings (SSSR count). The van der Waals surface area contributed by atoms with Gasteiger partial charge in [-0.05, 0) is 31.2 Å². The molecule has 0 bridgehead atoms. The standard InChI is InChI=1S/C16H13Cl2N3O2S2/c1-8-5-10-14(25-8)20-16(21(2)15(10)23)24-7-13(22)19-12-4-3-9(17)6-11(12)18/h3-6H,7H2,1-2H3,(H,19,22). The topological polar surface area (TPSA) is 64.0 Å². The number of nitrogens with zero attached hydrogens (tertiary/aromatic N) is 2. The van der Waals surface area contributed by atoms with Crippen LogP contribution in [0.2, 0.25) is 10.0 Å². The summed E-state index contributed by atoms with van der Waals surface area (Å²) in [7, 11) is 1.65. The molecule has 1 aromatic carbocycles. The summed E-state index contributed by atoms with van der Waals surface area (Å²) in [4.78, 5) is 30.7. The summed E-state index contributed by atoms with van der Waals surface area (Å²) in [6, 6.07) is 6.68. The van der Waals surface area contributed by atoms with E-state index in [2.05, 4.69) is 10.3 Å². The molecule has 0 spiro atoms. The third kappa shape index (κ3) is 4.00. The number of amides is 1. The van der Waals surface area contributed by atoms with E-state index in [1.165, 1.54) is 27.7 Å². The van der Waals surface area contributed by atoms with Crippen molar-refractivity contribution >= 4 is 68.1 Å². The van der Waals surface area contributed by atoms with Crippen LogP contribution in [0.15, 0.2) is 34.2 Å². The van der Waals surface area contributed by atoms with E-state index in [9.17, 15) is 9.59 Å². The summed E-state index contributed by atoms with van der Waals surface area (Å²) in [6.07, 6.45) is 0. The molecule has 0 aliphatic heterocycles. The molecule has 0 unspecified atom stereocenters. The largest absolute Gasteiger partial charge is 0.324 e. The van der Waals surface area contributed by atoms with Gasteiger partial charge in [-0.3, -0.25) is 14.2 Å². The number of hydrogen-bond donors (Lipinski definition) is 1. The van der Waals surface area contributed by atoms with Crippen LogP contribution in [0.25, 0.3) is 10.2 Å². The molecule has 2 heterocycles. The Morgan fingerprint density at radius 1 is 1.36 bits per heavy atom. The Hall–Kier alpha value is -1.54. The smallest absolute Gasteiger partial charge is 0.262 e. The van der Waals surface area contributed by atoms with E-state index in [1.54, 1.807) is 25.2 Å². The molecule has 0 aliphatic rings. The molecule has 1 amide bonds. The molecular weight excluding hydrogens is 401 g/mol. The third-order valence-corrected chi connectivity index (χ3v) is 5.91. The fourth-order valence-corrected chi connectivity index (χ4v) is 4.35. The van der Waals surface area contributed by atoms with Crippen LogP contribution in [0.1, 0.15) is 4.88 Å². The van der Waals surface area contributed by atoms with Crippen LogP contribution in [0, 0.1) is 6.92 Å². The van der Waals surface area contributed by atoms with Gasteiger partial charge in [0.2, 0.25) is 5.91 Å². The minimum absolute atomic E-state index is 0.106. The maximum atomic E-state index is 12.4. The number of halogens is 2. The van der Waals surface area contributed by atoms with Crippen LogP contribution < -0.4 is 10.9 Å². The van der Waals surface area contributed by atoms with Crippen LogP contribution >= 0.6 is 46.3 Å². The number of thioether (sulfide) groups is 1. The highest BCUT2D eigenvalue weighted by molar-refractivity contribution is 7.99. The van der Waals surface area contributed by atoms with Gasteiger partial charge in [-0.25, -0.2) is 4.98 Å². The van der Waals surface area contributed by atoms with Gasteiger partial charge >= 0.3 is 0 Å². The van der Waals surface area contributed by atoms with Crippen LogP contribution in [-0.4, -0.2) is 21.2 Å². The molecule has 130 valence electrons. The first-order valence-corrected chi connectivity index (χ1v) is 9.76. The molecule has 9 heteroatoms. The monoisotopic (exact) mass is 413 g/mol. The molecule has 0 radical (unpaired) electrons. The molecule has 2 aromatic heterocycles. The Morgan fingerprint density at radius 3 is 2.84 bits per heavy atom. The molecule has 1 N–H and O–H groups in total. The number of aryl methyl sites for hydroxylation is 1. The van der Waals surface area contributed by atoms with Gasteiger partial charge in [0.25, 0.3) is 5.56 Å². The average molecular weight is 414 g/mol. The lowest BCUT2D eigenvalue weighted by atomic mass is 10.3. The Kier molecular flexibility index (Phi) is 5.38. The first kappa shape index (κ1) is 18.3. The van der Waals surface area contributed by atoms with Crippen molar-refractivity contribution in [2.24, 2.45) is 7.05 Å². The fourth-order valence-electron chi connectivity index (χ4n) is 2.20. The van der Waals surface area contributed by atoms with Crippen molar-refractivity contribution < 1.29 is 4.79 Å². The average Bonchev–Trinajstić information content (AvgIpc) is 2.93. The molecule has 25 heavy (non-hydrogen) atoms. The fraction of sp³-hybridized carbons (Fsp3) is 0.188. The number of hydrogen-bond acceptors (Lipinski definition) is 5. The van der Waals surface area contributed by atoms with E-state index in [4.69, 9.17) is 23.2 Å². The van der Waals surface area contributed by atoms with Crippen molar-refractivity contribution in [3.63, 3.8) is 0 Å². The van der Waals surface area contributed by atoms with Gasteiger partial charge in [0, 0.05) is 16.9 Å². The van der Waals surface area contributed by atoms with Gasteiger partial charge in [-0.2, -0.15) is 0 Å². The van der Waals surface area contributed by atoms with Crippen LogP contribution in [0.3, 0.4) is 0 Å². The number of nitrogens with one attached hydrogen (secondary N) is 1. The highest BCUT2D eigenvalue weighted by atomic mass is 35.5. The maximum Gasteiger partial charge on any atom is 0.262 e. The number of thiophene rings is 1. The lowest BCUT2D eigenvalue weighted by Crippen LogP contribution is -2.20. The quantitative estimate of drug-likeness (QED) is 0.510. The molecule has 5 nitrogen and oxygen atoms in total.